The molecule has 0 N–H and O–H groups in total. The quantitative estimate of drug-likeness (QED) is 0.521. The van der Waals surface area contributed by atoms with Crippen LogP contribution in [0.25, 0.3) is 0 Å². The molecule has 0 unspecified atom stereocenters. The molecule has 0 atom stereocenters. The molecule has 2 heterocycles. The molecule has 2 fully saturated rings. The van der Waals surface area contributed by atoms with Gasteiger partial charge in [0.25, 0.3) is 20.0 Å². The lowest BCUT2D eigenvalue weighted by Gasteiger charge is -2.13. The van der Waals surface area contributed by atoms with Gasteiger partial charge in [-0.25, -0.2) is 0 Å². The average Bonchev–Trinajstić information content (AvgIpc) is 2.81. The molecule has 34 heavy (non-hydrogen) atoms. The molecule has 0 aromatic heterocycles. The summed E-state index contributed by atoms with van der Waals surface area (Å²) in [4.78, 5) is 0.641. The van der Waals surface area contributed by atoms with Crippen LogP contribution in [0.5, 0.6) is 0 Å². The zero-order chi connectivity index (χ0) is 24.6. The largest absolute Gasteiger partial charge is 0.287 e. The molecule has 4 rings (SSSR count). The van der Waals surface area contributed by atoms with Gasteiger partial charge in [0.1, 0.15) is 0 Å². The van der Waals surface area contributed by atoms with Crippen LogP contribution in [-0.4, -0.2) is 39.8 Å². The monoisotopic (exact) mass is 542 g/mol. The molecule has 2 aliphatic rings. The van der Waals surface area contributed by atoms with Crippen LogP contribution in [0.3, 0.4) is 0 Å². The van der Waals surface area contributed by atoms with E-state index in [9.17, 15) is 16.8 Å². The second kappa shape index (κ2) is 12.6. The van der Waals surface area contributed by atoms with Crippen molar-refractivity contribution in [3.63, 3.8) is 0 Å². The van der Waals surface area contributed by atoms with Gasteiger partial charge in [0.05, 0.1) is 9.79 Å². The third kappa shape index (κ3) is 8.39. The van der Waals surface area contributed by atoms with Crippen molar-refractivity contribution in [1.29, 1.82) is 0 Å². The number of benzene rings is 2. The molecular weight excluding hydrogens is 509 g/mol. The second-order valence-corrected chi connectivity index (χ2v) is 16.1. The Balaban J connectivity index is 0.000000191. The summed E-state index contributed by atoms with van der Waals surface area (Å²) in [6, 6.07) is 13.8. The van der Waals surface area contributed by atoms with Gasteiger partial charge < -0.3 is 0 Å². The Morgan fingerprint density at radius 1 is 0.529 bits per heavy atom. The Bertz CT molecular complexity index is 1120. The highest BCUT2D eigenvalue weighted by atomic mass is 32.3. The first-order chi connectivity index (χ1) is 16.2. The van der Waals surface area contributed by atoms with Crippen LogP contribution < -0.4 is 0 Å². The third-order valence-electron chi connectivity index (χ3n) is 5.56. The molecular formula is C24H34N2O4S4. The first-order valence-electron chi connectivity index (χ1n) is 11.6. The van der Waals surface area contributed by atoms with Gasteiger partial charge >= 0.3 is 0 Å². The summed E-state index contributed by atoms with van der Waals surface area (Å²) >= 11 is 0. The number of hydrogen-bond donors (Lipinski definition) is 0. The predicted molar refractivity (Wildman–Crippen MR) is 143 cm³/mol. The molecule has 0 aliphatic carbocycles. The lowest BCUT2D eigenvalue weighted by Crippen LogP contribution is -2.11. The van der Waals surface area contributed by atoms with Gasteiger partial charge in [-0.3, -0.25) is 0 Å². The first kappa shape index (κ1) is 27.2. The van der Waals surface area contributed by atoms with E-state index in [0.29, 0.717) is 9.79 Å². The minimum Gasteiger partial charge on any atom is -0.199 e. The van der Waals surface area contributed by atoms with Crippen LogP contribution in [0.4, 0.5) is 0 Å². The standard InChI is InChI=1S/2C12H17NO2S2/c2*1-11-5-7-12(8-6-11)17(14,15)13-16-9-3-2-4-10-16/h2*5-8H,2-4,9-10H2,1H3. The van der Waals surface area contributed by atoms with Gasteiger partial charge in [0.15, 0.2) is 0 Å². The van der Waals surface area contributed by atoms with E-state index in [2.05, 4.69) is 7.54 Å². The van der Waals surface area contributed by atoms with Crippen LogP contribution in [0.15, 0.2) is 65.9 Å². The van der Waals surface area contributed by atoms with Crippen molar-refractivity contribution in [2.75, 3.05) is 23.0 Å². The van der Waals surface area contributed by atoms with Gasteiger partial charge in [-0.05, 0) is 63.8 Å². The number of sulfonamides is 2. The minimum atomic E-state index is -3.44. The number of rotatable bonds is 4. The molecule has 2 saturated heterocycles. The fraction of sp³-hybridized carbons (Fsp3) is 0.500. The van der Waals surface area contributed by atoms with Gasteiger partial charge in [-0.15, -0.1) is 7.54 Å². The van der Waals surface area contributed by atoms with Crippen LogP contribution in [0.2, 0.25) is 0 Å². The van der Waals surface area contributed by atoms with E-state index in [4.69, 9.17) is 0 Å². The summed E-state index contributed by atoms with van der Waals surface area (Å²) in [5.41, 5.74) is 2.12. The molecule has 0 spiro atoms. The van der Waals surface area contributed by atoms with Crippen molar-refractivity contribution in [3.05, 3.63) is 59.7 Å². The molecule has 0 saturated carbocycles. The minimum absolute atomic E-state index is 0.283. The normalized spacial score (nSPS) is 17.9. The molecule has 2 aliphatic heterocycles. The van der Waals surface area contributed by atoms with Crippen LogP contribution in [-0.2, 0) is 41.4 Å². The zero-order valence-electron chi connectivity index (χ0n) is 19.9. The third-order valence-corrected chi connectivity index (χ3v) is 13.6. The smallest absolute Gasteiger partial charge is 0.199 e. The molecule has 188 valence electrons. The summed E-state index contributed by atoms with van der Waals surface area (Å²) in [5, 5.41) is 0. The number of aryl methyl sites for hydroxylation is 2. The second-order valence-electron chi connectivity index (χ2n) is 8.59. The lowest BCUT2D eigenvalue weighted by molar-refractivity contribution is 0.596. The van der Waals surface area contributed by atoms with Crippen molar-refractivity contribution in [3.8, 4) is 0 Å². The fourth-order valence-electron chi connectivity index (χ4n) is 3.57. The summed E-state index contributed by atoms with van der Waals surface area (Å²) in [6.45, 7) is 3.88. The lowest BCUT2D eigenvalue weighted by atomic mass is 10.2. The van der Waals surface area contributed by atoms with Crippen LogP contribution >= 0.6 is 0 Å². The average molecular weight is 543 g/mol. The summed E-state index contributed by atoms with van der Waals surface area (Å²) in [5.74, 6) is 3.74. The van der Waals surface area contributed by atoms with E-state index in [-0.39, 0.29) is 21.4 Å². The van der Waals surface area contributed by atoms with Crippen molar-refractivity contribution in [2.45, 2.75) is 62.2 Å². The van der Waals surface area contributed by atoms with Crippen molar-refractivity contribution in [2.24, 2.45) is 7.54 Å². The highest BCUT2D eigenvalue weighted by molar-refractivity contribution is 8.00. The summed E-state index contributed by atoms with van der Waals surface area (Å²) < 4.78 is 56.3. The topological polar surface area (TPSA) is 93.0 Å². The molecule has 0 bridgehead atoms. The van der Waals surface area contributed by atoms with Crippen molar-refractivity contribution < 1.29 is 16.8 Å². The van der Waals surface area contributed by atoms with Crippen molar-refractivity contribution >= 4 is 41.4 Å². The molecule has 2 aromatic carbocycles. The fourth-order valence-corrected chi connectivity index (χ4v) is 11.2. The van der Waals surface area contributed by atoms with E-state index in [0.717, 1.165) is 59.8 Å². The van der Waals surface area contributed by atoms with Crippen LogP contribution in [0, 0.1) is 13.8 Å². The number of hydrogen-bond acceptors (Lipinski definition) is 4. The highest BCUT2D eigenvalue weighted by Crippen LogP contribution is 2.18. The van der Waals surface area contributed by atoms with E-state index >= 15 is 0 Å². The maximum atomic E-state index is 12.1. The summed E-state index contributed by atoms with van der Waals surface area (Å²) in [7, 11) is -7.44. The first-order valence-corrected chi connectivity index (χ1v) is 17.5. The Morgan fingerprint density at radius 3 is 1.12 bits per heavy atom. The van der Waals surface area contributed by atoms with E-state index in [1.807, 2.05) is 38.1 Å². The molecule has 2 aromatic rings. The Hall–Kier alpha value is -1.36. The van der Waals surface area contributed by atoms with E-state index < -0.39 is 20.0 Å². The van der Waals surface area contributed by atoms with Gasteiger partial charge in [-0.2, -0.15) is 16.8 Å². The Kier molecular flexibility index (Phi) is 10.1. The van der Waals surface area contributed by atoms with Crippen molar-refractivity contribution in [1.82, 2.24) is 0 Å². The highest BCUT2D eigenvalue weighted by Gasteiger charge is 2.16. The molecule has 0 amide bonds. The molecule has 6 nitrogen and oxygen atoms in total. The van der Waals surface area contributed by atoms with Gasteiger partial charge in [0, 0.05) is 23.0 Å². The number of nitrogens with zero attached hydrogens (tertiary/aromatic N) is 2. The molecule has 10 heteroatoms. The van der Waals surface area contributed by atoms with Gasteiger partial charge in [0.2, 0.25) is 0 Å². The van der Waals surface area contributed by atoms with Crippen LogP contribution in [0.1, 0.15) is 49.7 Å². The molecule has 0 radical (unpaired) electrons. The van der Waals surface area contributed by atoms with Gasteiger partial charge in [-0.1, -0.05) is 69.6 Å². The SMILES string of the molecule is Cc1ccc(S(=O)(=O)N=S2CCCCC2)cc1.Cc1ccc(S(=O)(=O)N=S2CCCCC2)cc1. The van der Waals surface area contributed by atoms with E-state index in [1.54, 1.807) is 24.3 Å². The summed E-state index contributed by atoms with van der Waals surface area (Å²) in [6.07, 6.45) is 6.85. The zero-order valence-corrected chi connectivity index (χ0v) is 23.1. The predicted octanol–water partition coefficient (Wildman–Crippen LogP) is 5.34. The maximum absolute atomic E-state index is 12.1. The maximum Gasteiger partial charge on any atom is 0.287 e. The Morgan fingerprint density at radius 2 is 0.824 bits per heavy atom. The van der Waals surface area contributed by atoms with E-state index in [1.165, 1.54) is 12.8 Å². The Labute approximate surface area is 209 Å².